The molecule has 0 bridgehead atoms. The fraction of sp³-hybridized carbons (Fsp3) is 0.214. The maximum atomic E-state index is 12.9. The van der Waals surface area contributed by atoms with Gasteiger partial charge in [-0.25, -0.2) is 4.79 Å². The van der Waals surface area contributed by atoms with Crippen LogP contribution in [0, 0.1) is 0 Å². The second-order valence-corrected chi connectivity index (χ2v) is 5.65. The third-order valence-electron chi connectivity index (χ3n) is 2.78. The van der Waals surface area contributed by atoms with Gasteiger partial charge in [-0.15, -0.1) is 11.3 Å². The summed E-state index contributed by atoms with van der Waals surface area (Å²) in [5.74, 6) is -1.07. The summed E-state index contributed by atoms with van der Waals surface area (Å²) in [5, 5.41) is 13.4. The van der Waals surface area contributed by atoms with Crippen molar-refractivity contribution in [1.29, 1.82) is 0 Å². The maximum absolute atomic E-state index is 12.9. The highest BCUT2D eigenvalue weighted by molar-refractivity contribution is 7.15. The minimum Gasteiger partial charge on any atom is -0.506 e. The topological polar surface area (TPSA) is 58.6 Å². The van der Waals surface area contributed by atoms with Crippen LogP contribution in [0.1, 0.15) is 22.8 Å². The van der Waals surface area contributed by atoms with Crippen molar-refractivity contribution in [3.8, 4) is 5.75 Å². The molecule has 2 aromatic rings. The lowest BCUT2D eigenvalue weighted by Gasteiger charge is -2.12. The highest BCUT2D eigenvalue weighted by Crippen LogP contribution is 2.39. The van der Waals surface area contributed by atoms with E-state index in [0.29, 0.717) is 0 Å². The lowest BCUT2D eigenvalue weighted by Crippen LogP contribution is -2.08. The minimum absolute atomic E-state index is 0.0779. The van der Waals surface area contributed by atoms with Crippen molar-refractivity contribution in [2.45, 2.75) is 13.1 Å². The van der Waals surface area contributed by atoms with Crippen LogP contribution in [0.5, 0.6) is 5.75 Å². The monoisotopic (exact) mass is 365 g/mol. The van der Waals surface area contributed by atoms with Gasteiger partial charge in [0.05, 0.1) is 17.2 Å². The number of nitrogens with one attached hydrogen (secondary N) is 1. The first kappa shape index (κ1) is 17.4. The number of hydrogen-bond donors (Lipinski definition) is 2. The maximum Gasteiger partial charge on any atom is 0.417 e. The van der Waals surface area contributed by atoms with Gasteiger partial charge in [-0.2, -0.15) is 13.2 Å². The molecule has 0 radical (unpaired) electrons. The first-order chi connectivity index (χ1) is 10.7. The third kappa shape index (κ3) is 3.89. The molecule has 0 spiro atoms. The van der Waals surface area contributed by atoms with Crippen molar-refractivity contribution in [2.24, 2.45) is 0 Å². The molecule has 9 heteroatoms. The van der Waals surface area contributed by atoms with E-state index in [0.717, 1.165) is 23.5 Å². The van der Waals surface area contributed by atoms with Gasteiger partial charge < -0.3 is 15.2 Å². The van der Waals surface area contributed by atoms with Gasteiger partial charge in [0.1, 0.15) is 16.3 Å². The lowest BCUT2D eigenvalue weighted by atomic mass is 10.2. The molecule has 0 amide bonds. The van der Waals surface area contributed by atoms with Crippen LogP contribution < -0.4 is 5.32 Å². The number of carbonyl (C=O) groups excluding carboxylic acids is 1. The van der Waals surface area contributed by atoms with Gasteiger partial charge in [-0.05, 0) is 25.1 Å². The number of thiophene rings is 1. The van der Waals surface area contributed by atoms with E-state index >= 15 is 0 Å². The molecule has 0 aliphatic heterocycles. The van der Waals surface area contributed by atoms with E-state index < -0.39 is 22.7 Å². The van der Waals surface area contributed by atoms with Crippen LogP contribution in [0.3, 0.4) is 0 Å². The van der Waals surface area contributed by atoms with Crippen molar-refractivity contribution < 1.29 is 27.8 Å². The van der Waals surface area contributed by atoms with Gasteiger partial charge in [0.15, 0.2) is 0 Å². The van der Waals surface area contributed by atoms with E-state index in [2.05, 4.69) is 5.32 Å². The molecular formula is C14H11ClF3NO3S. The molecule has 124 valence electrons. The summed E-state index contributed by atoms with van der Waals surface area (Å²) in [4.78, 5) is 11.8. The zero-order chi connectivity index (χ0) is 17.2. The van der Waals surface area contributed by atoms with E-state index in [9.17, 15) is 23.1 Å². The van der Waals surface area contributed by atoms with E-state index in [1.54, 1.807) is 6.92 Å². The number of benzene rings is 1. The first-order valence-corrected chi connectivity index (χ1v) is 7.61. The Labute approximate surface area is 138 Å². The van der Waals surface area contributed by atoms with Crippen LogP contribution >= 0.6 is 22.9 Å². The minimum atomic E-state index is -4.60. The van der Waals surface area contributed by atoms with Crippen LogP contribution in [-0.2, 0) is 10.9 Å². The van der Waals surface area contributed by atoms with Crippen LogP contribution in [-0.4, -0.2) is 17.7 Å². The largest absolute Gasteiger partial charge is 0.506 e. The molecule has 1 heterocycles. The highest BCUT2D eigenvalue weighted by Gasteiger charge is 2.33. The average molecular weight is 366 g/mol. The average Bonchev–Trinajstić information content (AvgIpc) is 2.81. The molecular weight excluding hydrogens is 355 g/mol. The Morgan fingerprint density at radius 1 is 1.43 bits per heavy atom. The second-order valence-electron chi connectivity index (χ2n) is 4.36. The number of hydrogen-bond acceptors (Lipinski definition) is 5. The number of ether oxygens (including phenoxy) is 1. The number of alkyl halides is 3. The van der Waals surface area contributed by atoms with Gasteiger partial charge >= 0.3 is 12.1 Å². The Bertz CT molecular complexity index is 731. The number of esters is 1. The Morgan fingerprint density at radius 2 is 2.13 bits per heavy atom. The van der Waals surface area contributed by atoms with Crippen LogP contribution in [0.2, 0.25) is 5.02 Å². The summed E-state index contributed by atoms with van der Waals surface area (Å²) >= 11 is 6.52. The van der Waals surface area contributed by atoms with E-state index in [1.165, 1.54) is 11.4 Å². The molecule has 1 aromatic heterocycles. The first-order valence-electron chi connectivity index (χ1n) is 6.35. The van der Waals surface area contributed by atoms with Crippen molar-refractivity contribution >= 4 is 39.6 Å². The summed E-state index contributed by atoms with van der Waals surface area (Å²) in [6.45, 7) is 1.70. The molecule has 23 heavy (non-hydrogen) atoms. The SMILES string of the molecule is CCOC(=O)c1c(O)csc1Nc1ccc(Cl)c(C(F)(F)F)c1. The number of rotatable bonds is 4. The van der Waals surface area contributed by atoms with Crippen molar-refractivity contribution in [2.75, 3.05) is 11.9 Å². The Balaban J connectivity index is 2.36. The second kappa shape index (κ2) is 6.67. The molecule has 0 saturated carbocycles. The summed E-state index contributed by atoms with van der Waals surface area (Å²) in [6.07, 6.45) is -4.60. The number of halogens is 4. The summed E-state index contributed by atoms with van der Waals surface area (Å²) < 4.78 is 43.4. The summed E-state index contributed by atoms with van der Waals surface area (Å²) in [6, 6.07) is 3.27. The van der Waals surface area contributed by atoms with Gasteiger partial charge in [0, 0.05) is 11.1 Å². The van der Waals surface area contributed by atoms with Gasteiger partial charge in [-0.3, -0.25) is 0 Å². The molecule has 4 nitrogen and oxygen atoms in total. The molecule has 0 saturated heterocycles. The molecule has 0 atom stereocenters. The van der Waals surface area contributed by atoms with Crippen molar-refractivity contribution in [1.82, 2.24) is 0 Å². The standard InChI is InChI=1S/C14H11ClF3NO3S/c1-2-22-13(21)11-10(20)6-23-12(11)19-7-3-4-9(15)8(5-7)14(16,17)18/h3-6,19-20H,2H2,1H3. The smallest absolute Gasteiger partial charge is 0.417 e. The fourth-order valence-electron chi connectivity index (χ4n) is 1.79. The Morgan fingerprint density at radius 3 is 2.74 bits per heavy atom. The zero-order valence-electron chi connectivity index (χ0n) is 11.7. The molecule has 2 N–H and O–H groups in total. The highest BCUT2D eigenvalue weighted by atomic mass is 35.5. The number of carbonyl (C=O) groups is 1. The third-order valence-corrected chi connectivity index (χ3v) is 3.99. The van der Waals surface area contributed by atoms with Crippen LogP contribution in [0.4, 0.5) is 23.9 Å². The Hall–Kier alpha value is -1.93. The fourth-order valence-corrected chi connectivity index (χ4v) is 2.85. The summed E-state index contributed by atoms with van der Waals surface area (Å²) in [5.41, 5.74) is -1.04. The predicted molar refractivity (Wildman–Crippen MR) is 81.7 cm³/mol. The predicted octanol–water partition coefficient (Wildman–Crippen LogP) is 5.05. The van der Waals surface area contributed by atoms with Gasteiger partial charge in [0.2, 0.25) is 0 Å². The molecule has 2 rings (SSSR count). The van der Waals surface area contributed by atoms with Crippen molar-refractivity contribution in [3.63, 3.8) is 0 Å². The number of aromatic hydroxyl groups is 1. The normalized spacial score (nSPS) is 11.3. The van der Waals surface area contributed by atoms with Crippen LogP contribution in [0.15, 0.2) is 23.6 Å². The lowest BCUT2D eigenvalue weighted by molar-refractivity contribution is -0.137. The number of anilines is 2. The quantitative estimate of drug-likeness (QED) is 0.745. The van der Waals surface area contributed by atoms with Gasteiger partial charge in [0.25, 0.3) is 0 Å². The Kier molecular flexibility index (Phi) is 5.06. The molecule has 1 aromatic carbocycles. The summed E-state index contributed by atoms with van der Waals surface area (Å²) in [7, 11) is 0. The van der Waals surface area contributed by atoms with E-state index in [-0.39, 0.29) is 28.6 Å². The molecule has 0 fully saturated rings. The molecule has 0 unspecified atom stereocenters. The van der Waals surface area contributed by atoms with E-state index in [4.69, 9.17) is 16.3 Å². The molecule has 0 aliphatic carbocycles. The van der Waals surface area contributed by atoms with Crippen molar-refractivity contribution in [3.05, 3.63) is 39.7 Å². The van der Waals surface area contributed by atoms with Crippen LogP contribution in [0.25, 0.3) is 0 Å². The van der Waals surface area contributed by atoms with E-state index in [1.807, 2.05) is 0 Å². The van der Waals surface area contributed by atoms with Gasteiger partial charge in [-0.1, -0.05) is 11.6 Å². The zero-order valence-corrected chi connectivity index (χ0v) is 13.3. The molecule has 0 aliphatic rings.